The highest BCUT2D eigenvalue weighted by atomic mass is 16.1. The second kappa shape index (κ2) is 6.55. The van der Waals surface area contributed by atoms with E-state index in [1.165, 1.54) is 32.1 Å². The lowest BCUT2D eigenvalue weighted by Gasteiger charge is -2.29. The number of amides is 1. The van der Waals surface area contributed by atoms with Crippen LogP contribution < -0.4 is 11.1 Å². The number of carbonyl (C=O) groups excluding carboxylic acids is 1. The van der Waals surface area contributed by atoms with Crippen molar-refractivity contribution in [2.75, 3.05) is 6.54 Å². The zero-order valence-corrected chi connectivity index (χ0v) is 11.7. The molecule has 18 heavy (non-hydrogen) atoms. The largest absolute Gasteiger partial charge is 0.353 e. The van der Waals surface area contributed by atoms with Crippen molar-refractivity contribution in [1.82, 2.24) is 5.32 Å². The van der Waals surface area contributed by atoms with E-state index in [9.17, 15) is 4.79 Å². The minimum absolute atomic E-state index is 0.256. The molecule has 2 rings (SSSR count). The predicted octanol–water partition coefficient (Wildman–Crippen LogP) is 2.45. The van der Waals surface area contributed by atoms with Crippen molar-refractivity contribution in [3.05, 3.63) is 0 Å². The zero-order valence-electron chi connectivity index (χ0n) is 11.7. The Labute approximate surface area is 111 Å². The molecule has 104 valence electrons. The summed E-state index contributed by atoms with van der Waals surface area (Å²) in [7, 11) is 0. The maximum atomic E-state index is 12.3. The van der Waals surface area contributed by atoms with Crippen LogP contribution in [0.2, 0.25) is 0 Å². The van der Waals surface area contributed by atoms with Gasteiger partial charge in [-0.25, -0.2) is 0 Å². The van der Waals surface area contributed by atoms with Gasteiger partial charge in [0.25, 0.3) is 0 Å². The molecule has 0 spiro atoms. The van der Waals surface area contributed by atoms with E-state index in [4.69, 9.17) is 5.73 Å². The summed E-state index contributed by atoms with van der Waals surface area (Å²) < 4.78 is 0. The van der Waals surface area contributed by atoms with Gasteiger partial charge >= 0.3 is 0 Å². The van der Waals surface area contributed by atoms with Gasteiger partial charge in [-0.2, -0.15) is 0 Å². The van der Waals surface area contributed by atoms with Gasteiger partial charge in [0.2, 0.25) is 5.91 Å². The highest BCUT2D eigenvalue weighted by Crippen LogP contribution is 2.32. The zero-order chi connectivity index (χ0) is 13.0. The molecule has 3 nitrogen and oxygen atoms in total. The first kappa shape index (κ1) is 13.9. The standard InChI is InChI=1S/C15H28N2O/c1-11-5-6-14(9-11)17-15(18)13-4-2-3-12(10-13)7-8-16/h11-14H,2-10,16H2,1H3,(H,17,18). The second-order valence-corrected chi connectivity index (χ2v) is 6.43. The SMILES string of the molecule is CC1CCC(NC(=O)C2CCCC(CCN)C2)C1. The molecule has 3 heteroatoms. The molecule has 2 aliphatic carbocycles. The Balaban J connectivity index is 1.77. The molecule has 0 bridgehead atoms. The Morgan fingerprint density at radius 3 is 2.72 bits per heavy atom. The average Bonchev–Trinajstić information content (AvgIpc) is 2.75. The van der Waals surface area contributed by atoms with Crippen LogP contribution in [-0.2, 0) is 4.79 Å². The summed E-state index contributed by atoms with van der Waals surface area (Å²) in [6.45, 7) is 3.04. The van der Waals surface area contributed by atoms with Crippen LogP contribution in [0.5, 0.6) is 0 Å². The Morgan fingerprint density at radius 2 is 2.06 bits per heavy atom. The van der Waals surface area contributed by atoms with Gasteiger partial charge in [0.05, 0.1) is 0 Å². The average molecular weight is 252 g/mol. The molecular formula is C15H28N2O. The van der Waals surface area contributed by atoms with E-state index in [-0.39, 0.29) is 5.92 Å². The molecule has 3 N–H and O–H groups in total. The lowest BCUT2D eigenvalue weighted by molar-refractivity contribution is -0.127. The maximum Gasteiger partial charge on any atom is 0.223 e. The van der Waals surface area contributed by atoms with Gasteiger partial charge < -0.3 is 11.1 Å². The monoisotopic (exact) mass is 252 g/mol. The van der Waals surface area contributed by atoms with Crippen molar-refractivity contribution >= 4 is 5.91 Å². The van der Waals surface area contributed by atoms with Crippen molar-refractivity contribution in [1.29, 1.82) is 0 Å². The Bertz CT molecular complexity index is 278. The molecule has 4 atom stereocenters. The van der Waals surface area contributed by atoms with E-state index < -0.39 is 0 Å². The van der Waals surface area contributed by atoms with Gasteiger partial charge in [0.1, 0.15) is 0 Å². The van der Waals surface area contributed by atoms with Gasteiger partial charge in [0.15, 0.2) is 0 Å². The van der Waals surface area contributed by atoms with E-state index in [1.54, 1.807) is 0 Å². The molecule has 0 aliphatic heterocycles. The van der Waals surface area contributed by atoms with E-state index in [1.807, 2.05) is 0 Å². The quantitative estimate of drug-likeness (QED) is 0.807. The van der Waals surface area contributed by atoms with E-state index in [0.29, 0.717) is 17.9 Å². The molecule has 2 saturated carbocycles. The third kappa shape index (κ3) is 3.71. The fraction of sp³-hybridized carbons (Fsp3) is 0.933. The molecule has 2 fully saturated rings. The minimum atomic E-state index is 0.256. The second-order valence-electron chi connectivity index (χ2n) is 6.43. The van der Waals surface area contributed by atoms with Crippen LogP contribution in [-0.4, -0.2) is 18.5 Å². The summed E-state index contributed by atoms with van der Waals surface area (Å²) in [5.74, 6) is 2.04. The first-order chi connectivity index (χ1) is 8.69. The van der Waals surface area contributed by atoms with Crippen molar-refractivity contribution in [2.24, 2.45) is 23.5 Å². The molecule has 0 radical (unpaired) electrons. The van der Waals surface area contributed by atoms with E-state index >= 15 is 0 Å². The minimum Gasteiger partial charge on any atom is -0.353 e. The molecular weight excluding hydrogens is 224 g/mol. The molecule has 4 unspecified atom stereocenters. The van der Waals surface area contributed by atoms with E-state index in [2.05, 4.69) is 12.2 Å². The van der Waals surface area contributed by atoms with Crippen molar-refractivity contribution in [3.8, 4) is 0 Å². The van der Waals surface area contributed by atoms with Crippen LogP contribution in [0.1, 0.15) is 58.3 Å². The third-order valence-electron chi connectivity index (χ3n) is 4.77. The Hall–Kier alpha value is -0.570. The molecule has 0 aromatic rings. The summed E-state index contributed by atoms with van der Waals surface area (Å²) in [6, 6.07) is 0.447. The molecule has 0 aromatic carbocycles. The number of rotatable bonds is 4. The number of nitrogens with one attached hydrogen (secondary N) is 1. The fourth-order valence-electron chi connectivity index (χ4n) is 3.68. The maximum absolute atomic E-state index is 12.3. The van der Waals surface area contributed by atoms with Crippen molar-refractivity contribution in [3.63, 3.8) is 0 Å². The summed E-state index contributed by atoms with van der Waals surface area (Å²) in [5, 5.41) is 3.27. The van der Waals surface area contributed by atoms with Gasteiger partial charge in [-0.1, -0.05) is 19.8 Å². The number of hydrogen-bond donors (Lipinski definition) is 2. The Kier molecular flexibility index (Phi) is 5.04. The number of carbonyl (C=O) groups is 1. The topological polar surface area (TPSA) is 55.1 Å². The van der Waals surface area contributed by atoms with Crippen molar-refractivity contribution < 1.29 is 4.79 Å². The summed E-state index contributed by atoms with van der Waals surface area (Å²) in [6.07, 6.45) is 9.30. The van der Waals surface area contributed by atoms with Crippen LogP contribution in [0.4, 0.5) is 0 Å². The smallest absolute Gasteiger partial charge is 0.223 e. The number of nitrogens with two attached hydrogens (primary N) is 1. The van der Waals surface area contributed by atoms with Crippen molar-refractivity contribution in [2.45, 2.75) is 64.3 Å². The highest BCUT2D eigenvalue weighted by molar-refractivity contribution is 5.79. The summed E-state index contributed by atoms with van der Waals surface area (Å²) >= 11 is 0. The van der Waals surface area contributed by atoms with Crippen LogP contribution in [0.3, 0.4) is 0 Å². The normalized spacial score (nSPS) is 36.6. The van der Waals surface area contributed by atoms with Crippen LogP contribution in [0.25, 0.3) is 0 Å². The first-order valence-electron chi connectivity index (χ1n) is 7.69. The van der Waals surface area contributed by atoms with Gasteiger partial charge in [-0.15, -0.1) is 0 Å². The summed E-state index contributed by atoms with van der Waals surface area (Å²) in [4.78, 5) is 12.3. The molecule has 2 aliphatic rings. The lowest BCUT2D eigenvalue weighted by Crippen LogP contribution is -2.39. The van der Waals surface area contributed by atoms with Crippen LogP contribution in [0.15, 0.2) is 0 Å². The molecule has 0 saturated heterocycles. The van der Waals surface area contributed by atoms with Gasteiger partial charge in [0, 0.05) is 12.0 Å². The van der Waals surface area contributed by atoms with Crippen LogP contribution >= 0.6 is 0 Å². The van der Waals surface area contributed by atoms with E-state index in [0.717, 1.165) is 31.7 Å². The Morgan fingerprint density at radius 1 is 1.22 bits per heavy atom. The van der Waals surface area contributed by atoms with Gasteiger partial charge in [-0.05, 0) is 56.9 Å². The fourth-order valence-corrected chi connectivity index (χ4v) is 3.68. The molecule has 0 aromatic heterocycles. The third-order valence-corrected chi connectivity index (χ3v) is 4.77. The molecule has 1 amide bonds. The van der Waals surface area contributed by atoms with Crippen LogP contribution in [0, 0.1) is 17.8 Å². The predicted molar refractivity (Wildman–Crippen MR) is 74.1 cm³/mol. The number of hydrogen-bond acceptors (Lipinski definition) is 2. The summed E-state index contributed by atoms with van der Waals surface area (Å²) in [5.41, 5.74) is 5.63. The lowest BCUT2D eigenvalue weighted by atomic mass is 9.79. The van der Waals surface area contributed by atoms with Gasteiger partial charge in [-0.3, -0.25) is 4.79 Å². The molecule has 0 heterocycles. The highest BCUT2D eigenvalue weighted by Gasteiger charge is 2.29. The first-order valence-corrected chi connectivity index (χ1v) is 7.69.